The van der Waals surface area contributed by atoms with E-state index >= 15 is 0 Å². The van der Waals surface area contributed by atoms with Gasteiger partial charge in [0.15, 0.2) is 10.8 Å². The number of hydrogen-bond acceptors (Lipinski definition) is 5. The highest BCUT2D eigenvalue weighted by atomic mass is 35.5. The molecular weight excluding hydrogens is 349 g/mol. The van der Waals surface area contributed by atoms with Crippen LogP contribution in [0.3, 0.4) is 0 Å². The zero-order valence-corrected chi connectivity index (χ0v) is 14.3. The van der Waals surface area contributed by atoms with Crippen molar-refractivity contribution in [1.29, 1.82) is 0 Å². The Labute approximate surface area is 149 Å². The first kappa shape index (κ1) is 17.6. The summed E-state index contributed by atoms with van der Waals surface area (Å²) in [5, 5.41) is 19.2. The largest absolute Gasteiger partial charge is 0.476 e. The van der Waals surface area contributed by atoms with Crippen molar-refractivity contribution < 1.29 is 19.0 Å². The molecule has 1 aromatic carbocycles. The molecule has 6 nitrogen and oxygen atoms in total. The third-order valence-electron chi connectivity index (χ3n) is 4.31. The average molecular weight is 366 g/mol. The van der Waals surface area contributed by atoms with E-state index in [1.165, 1.54) is 6.07 Å². The van der Waals surface area contributed by atoms with Gasteiger partial charge in [-0.3, -0.25) is 0 Å². The second kappa shape index (κ2) is 7.33. The van der Waals surface area contributed by atoms with Crippen LogP contribution >= 0.6 is 11.6 Å². The third kappa shape index (κ3) is 3.72. The van der Waals surface area contributed by atoms with Gasteiger partial charge in [0, 0.05) is 30.5 Å². The summed E-state index contributed by atoms with van der Waals surface area (Å²) in [6.45, 7) is 2.91. The van der Waals surface area contributed by atoms with Crippen LogP contribution in [0.1, 0.15) is 40.4 Å². The van der Waals surface area contributed by atoms with E-state index in [1.807, 2.05) is 0 Å². The SMILES string of the molecule is Cc1c(Nc2cc(Cl)nnc2C(=O)O)ccc(C2CCOCC2)c1F. The Kier molecular flexibility index (Phi) is 5.15. The van der Waals surface area contributed by atoms with Gasteiger partial charge in [0.2, 0.25) is 0 Å². The van der Waals surface area contributed by atoms with Gasteiger partial charge < -0.3 is 15.2 Å². The van der Waals surface area contributed by atoms with E-state index in [0.717, 1.165) is 12.8 Å². The average Bonchev–Trinajstić information content (AvgIpc) is 2.60. The molecule has 1 aliphatic heterocycles. The van der Waals surface area contributed by atoms with Gasteiger partial charge >= 0.3 is 5.97 Å². The number of ether oxygens (including phenoxy) is 1. The lowest BCUT2D eigenvalue weighted by atomic mass is 9.90. The summed E-state index contributed by atoms with van der Waals surface area (Å²) in [6, 6.07) is 4.82. The zero-order valence-electron chi connectivity index (χ0n) is 13.6. The number of hydrogen-bond donors (Lipinski definition) is 2. The van der Waals surface area contributed by atoms with Gasteiger partial charge in [-0.25, -0.2) is 9.18 Å². The Morgan fingerprint density at radius 1 is 1.32 bits per heavy atom. The number of nitrogens with one attached hydrogen (secondary N) is 1. The summed E-state index contributed by atoms with van der Waals surface area (Å²) in [5.74, 6) is -1.40. The minimum atomic E-state index is -1.25. The number of benzene rings is 1. The Morgan fingerprint density at radius 3 is 2.72 bits per heavy atom. The Hall–Kier alpha value is -2.25. The van der Waals surface area contributed by atoms with E-state index in [1.54, 1.807) is 19.1 Å². The lowest BCUT2D eigenvalue weighted by molar-refractivity contribution is 0.0690. The molecule has 0 aliphatic carbocycles. The Morgan fingerprint density at radius 2 is 2.04 bits per heavy atom. The van der Waals surface area contributed by atoms with Gasteiger partial charge in [-0.15, -0.1) is 10.2 Å². The molecule has 0 amide bonds. The molecule has 25 heavy (non-hydrogen) atoms. The van der Waals surface area contributed by atoms with Gasteiger partial charge in [-0.1, -0.05) is 17.7 Å². The number of aromatic carboxylic acids is 1. The van der Waals surface area contributed by atoms with Crippen LogP contribution in [0.4, 0.5) is 15.8 Å². The highest BCUT2D eigenvalue weighted by molar-refractivity contribution is 6.29. The summed E-state index contributed by atoms with van der Waals surface area (Å²) in [7, 11) is 0. The number of anilines is 2. The number of carbonyl (C=O) groups is 1. The fourth-order valence-electron chi connectivity index (χ4n) is 2.93. The van der Waals surface area contributed by atoms with Crippen molar-refractivity contribution in [3.05, 3.63) is 46.0 Å². The molecule has 3 rings (SSSR count). The molecule has 0 atom stereocenters. The Bertz CT molecular complexity index is 810. The van der Waals surface area contributed by atoms with Crippen LogP contribution < -0.4 is 5.32 Å². The molecule has 1 saturated heterocycles. The quantitative estimate of drug-likeness (QED) is 0.854. The minimum absolute atomic E-state index is 0.0458. The standard InChI is InChI=1S/C17H17ClFN3O3/c1-9-12(20-13-8-14(18)21-22-16(13)17(23)24)3-2-11(15(9)19)10-4-6-25-7-5-10/h2-3,8,10H,4-7H2,1H3,(H,20,21)(H,23,24). The smallest absolute Gasteiger partial charge is 0.358 e. The zero-order chi connectivity index (χ0) is 18.0. The van der Waals surface area contributed by atoms with Crippen molar-refractivity contribution in [3.8, 4) is 0 Å². The lowest BCUT2D eigenvalue weighted by Gasteiger charge is -2.24. The molecular formula is C17H17ClFN3O3. The van der Waals surface area contributed by atoms with E-state index in [4.69, 9.17) is 16.3 Å². The second-order valence-corrected chi connectivity index (χ2v) is 6.27. The number of nitrogens with zero attached hydrogens (tertiary/aromatic N) is 2. The third-order valence-corrected chi connectivity index (χ3v) is 4.50. The molecule has 8 heteroatoms. The maximum Gasteiger partial charge on any atom is 0.358 e. The first-order valence-electron chi connectivity index (χ1n) is 7.87. The van der Waals surface area contributed by atoms with Crippen LogP contribution in [0.2, 0.25) is 5.15 Å². The van der Waals surface area contributed by atoms with Crippen LogP contribution in [-0.2, 0) is 4.74 Å². The summed E-state index contributed by atoms with van der Waals surface area (Å²) in [5.41, 5.74) is 1.41. The molecule has 0 unspecified atom stereocenters. The maximum atomic E-state index is 14.8. The van der Waals surface area contributed by atoms with Crippen molar-refractivity contribution in [3.63, 3.8) is 0 Å². The van der Waals surface area contributed by atoms with E-state index in [-0.39, 0.29) is 28.3 Å². The van der Waals surface area contributed by atoms with Crippen molar-refractivity contribution in [2.75, 3.05) is 18.5 Å². The lowest BCUT2D eigenvalue weighted by Crippen LogP contribution is -2.16. The van der Waals surface area contributed by atoms with Gasteiger partial charge in [0.1, 0.15) is 5.82 Å². The minimum Gasteiger partial charge on any atom is -0.476 e. The first-order valence-corrected chi connectivity index (χ1v) is 8.25. The highest BCUT2D eigenvalue weighted by Gasteiger charge is 2.22. The van der Waals surface area contributed by atoms with Crippen LogP contribution in [0.5, 0.6) is 0 Å². The molecule has 0 saturated carbocycles. The van der Waals surface area contributed by atoms with Crippen molar-refractivity contribution in [1.82, 2.24) is 10.2 Å². The molecule has 1 aromatic heterocycles. The topological polar surface area (TPSA) is 84.3 Å². The summed E-state index contributed by atoms with van der Waals surface area (Å²) in [4.78, 5) is 11.3. The molecule has 132 valence electrons. The van der Waals surface area contributed by atoms with Gasteiger partial charge in [-0.2, -0.15) is 0 Å². The van der Waals surface area contributed by atoms with Crippen molar-refractivity contribution in [2.45, 2.75) is 25.7 Å². The van der Waals surface area contributed by atoms with E-state index in [9.17, 15) is 14.3 Å². The molecule has 0 spiro atoms. The van der Waals surface area contributed by atoms with Crippen molar-refractivity contribution in [2.24, 2.45) is 0 Å². The van der Waals surface area contributed by atoms with E-state index < -0.39 is 5.97 Å². The van der Waals surface area contributed by atoms with Crippen LogP contribution in [0, 0.1) is 12.7 Å². The second-order valence-electron chi connectivity index (χ2n) is 5.89. The predicted molar refractivity (Wildman–Crippen MR) is 91.2 cm³/mol. The van der Waals surface area contributed by atoms with Crippen LogP contribution in [0.15, 0.2) is 18.2 Å². The number of carboxylic acids is 1. The molecule has 0 bridgehead atoms. The summed E-state index contributed by atoms with van der Waals surface area (Å²) < 4.78 is 20.2. The summed E-state index contributed by atoms with van der Waals surface area (Å²) in [6.07, 6.45) is 1.58. The Balaban J connectivity index is 1.93. The van der Waals surface area contributed by atoms with Crippen LogP contribution in [-0.4, -0.2) is 34.5 Å². The van der Waals surface area contributed by atoms with Gasteiger partial charge in [0.25, 0.3) is 0 Å². The molecule has 1 aliphatic rings. The number of halogens is 2. The molecule has 2 heterocycles. The fraction of sp³-hybridized carbons (Fsp3) is 0.353. The maximum absolute atomic E-state index is 14.8. The van der Waals surface area contributed by atoms with Crippen LogP contribution in [0.25, 0.3) is 0 Å². The van der Waals surface area contributed by atoms with E-state index in [2.05, 4.69) is 15.5 Å². The fourth-order valence-corrected chi connectivity index (χ4v) is 3.08. The van der Waals surface area contributed by atoms with Gasteiger partial charge in [-0.05, 0) is 37.3 Å². The molecule has 2 aromatic rings. The van der Waals surface area contributed by atoms with Gasteiger partial charge in [0.05, 0.1) is 5.69 Å². The van der Waals surface area contributed by atoms with Crippen molar-refractivity contribution >= 4 is 28.9 Å². The summed E-state index contributed by atoms with van der Waals surface area (Å²) >= 11 is 5.79. The number of rotatable bonds is 4. The van der Waals surface area contributed by atoms with E-state index in [0.29, 0.717) is 30.0 Å². The molecule has 2 N–H and O–H groups in total. The monoisotopic (exact) mass is 365 g/mol. The highest BCUT2D eigenvalue weighted by Crippen LogP contribution is 2.34. The number of carboxylic acid groups (broad SMARTS) is 1. The number of aromatic nitrogens is 2. The predicted octanol–water partition coefficient (Wildman–Crippen LogP) is 3.91. The first-order chi connectivity index (χ1) is 12.0. The molecule has 1 fully saturated rings. The molecule has 0 radical (unpaired) electrons. The normalized spacial score (nSPS) is 15.2.